The fourth-order valence-corrected chi connectivity index (χ4v) is 5.68. The molecule has 0 spiro atoms. The molecule has 8 nitrogen and oxygen atoms in total. The van der Waals surface area contributed by atoms with Crippen molar-refractivity contribution in [1.82, 2.24) is 9.62 Å². The number of para-hydroxylation sites is 2. The van der Waals surface area contributed by atoms with Crippen molar-refractivity contribution in [3.63, 3.8) is 0 Å². The summed E-state index contributed by atoms with van der Waals surface area (Å²) in [5.41, 5.74) is 2.65. The average molecular weight is 445 g/mol. The van der Waals surface area contributed by atoms with Crippen LogP contribution in [-0.2, 0) is 16.4 Å². The molecule has 1 N–H and O–H groups in total. The van der Waals surface area contributed by atoms with E-state index in [2.05, 4.69) is 10.2 Å². The summed E-state index contributed by atoms with van der Waals surface area (Å²) < 4.78 is 33.5. The Bertz CT molecular complexity index is 1060. The second-order valence-electron chi connectivity index (χ2n) is 7.59. The van der Waals surface area contributed by atoms with E-state index in [1.807, 2.05) is 31.2 Å². The van der Waals surface area contributed by atoms with Gasteiger partial charge >= 0.3 is 6.03 Å². The molecule has 2 heterocycles. The van der Waals surface area contributed by atoms with Crippen molar-refractivity contribution in [2.45, 2.75) is 18.2 Å². The summed E-state index contributed by atoms with van der Waals surface area (Å²) in [5, 5.41) is 2.80. The van der Waals surface area contributed by atoms with Gasteiger partial charge in [0.2, 0.25) is 10.0 Å². The molecule has 2 aromatic rings. The summed E-state index contributed by atoms with van der Waals surface area (Å²) in [5.74, 6) is 0.786. The molecule has 1 saturated heterocycles. The quantitative estimate of drug-likeness (QED) is 0.765. The monoisotopic (exact) mass is 444 g/mol. The first-order valence-electron chi connectivity index (χ1n) is 10.5. The molecule has 0 bridgehead atoms. The normalized spacial score (nSPS) is 16.8. The molecule has 2 aromatic carbocycles. The highest BCUT2D eigenvalue weighted by atomic mass is 32.2. The number of anilines is 2. The van der Waals surface area contributed by atoms with Gasteiger partial charge in [0.1, 0.15) is 5.75 Å². The van der Waals surface area contributed by atoms with E-state index in [0.29, 0.717) is 45.7 Å². The number of hydrogen-bond acceptors (Lipinski definition) is 5. The number of piperazine rings is 1. The summed E-state index contributed by atoms with van der Waals surface area (Å²) in [7, 11) is -1.96. The van der Waals surface area contributed by atoms with Gasteiger partial charge in [-0.05, 0) is 49.2 Å². The number of amides is 2. The Morgan fingerprint density at radius 3 is 2.48 bits per heavy atom. The van der Waals surface area contributed by atoms with Gasteiger partial charge in [-0.15, -0.1) is 0 Å². The van der Waals surface area contributed by atoms with E-state index in [9.17, 15) is 13.2 Å². The van der Waals surface area contributed by atoms with Crippen molar-refractivity contribution in [2.75, 3.05) is 56.2 Å². The van der Waals surface area contributed by atoms with Crippen LogP contribution in [0.4, 0.5) is 16.2 Å². The van der Waals surface area contributed by atoms with E-state index in [0.717, 1.165) is 22.7 Å². The lowest BCUT2D eigenvalue weighted by Gasteiger charge is -2.36. The SMILES string of the molecule is CCNC(=O)N1CCc2cc(S(=O)(=O)N3CCN(c4ccccc4OC)CC3)ccc21. The molecule has 0 unspecified atom stereocenters. The molecule has 2 amide bonds. The standard InChI is InChI=1S/C22H28N4O4S/c1-3-23-22(27)26-11-10-17-16-18(8-9-19(17)26)31(28,29)25-14-12-24(13-15-25)20-6-4-5-7-21(20)30-2/h4-9,16H,3,10-15H2,1-2H3,(H,23,27). The van der Waals surface area contributed by atoms with Crippen molar-refractivity contribution >= 4 is 27.4 Å². The fourth-order valence-electron chi connectivity index (χ4n) is 4.21. The maximum absolute atomic E-state index is 13.3. The predicted molar refractivity (Wildman–Crippen MR) is 121 cm³/mol. The number of nitrogens with one attached hydrogen (secondary N) is 1. The van der Waals surface area contributed by atoms with E-state index < -0.39 is 10.0 Å². The third-order valence-corrected chi connectivity index (χ3v) is 7.72. The number of rotatable bonds is 5. The van der Waals surface area contributed by atoms with E-state index >= 15 is 0 Å². The zero-order valence-corrected chi connectivity index (χ0v) is 18.7. The summed E-state index contributed by atoms with van der Waals surface area (Å²) in [4.78, 5) is 16.3. The molecular weight excluding hydrogens is 416 g/mol. The predicted octanol–water partition coefficient (Wildman–Crippen LogP) is 2.30. The summed E-state index contributed by atoms with van der Waals surface area (Å²) in [6.45, 7) is 4.98. The topological polar surface area (TPSA) is 82.2 Å². The molecular formula is C22H28N4O4S. The van der Waals surface area contributed by atoms with Crippen molar-refractivity contribution in [3.8, 4) is 5.75 Å². The zero-order valence-electron chi connectivity index (χ0n) is 17.9. The van der Waals surface area contributed by atoms with Crippen LogP contribution in [-0.4, -0.2) is 65.1 Å². The third-order valence-electron chi connectivity index (χ3n) is 5.82. The van der Waals surface area contributed by atoms with Gasteiger partial charge in [-0.3, -0.25) is 4.90 Å². The highest BCUT2D eigenvalue weighted by Crippen LogP contribution is 2.32. The third kappa shape index (κ3) is 4.07. The smallest absolute Gasteiger partial charge is 0.321 e. The van der Waals surface area contributed by atoms with Gasteiger partial charge in [-0.25, -0.2) is 13.2 Å². The molecule has 2 aliphatic rings. The van der Waals surface area contributed by atoms with E-state index in [4.69, 9.17) is 4.74 Å². The average Bonchev–Trinajstić information content (AvgIpc) is 3.23. The first-order valence-corrected chi connectivity index (χ1v) is 12.0. The first kappa shape index (κ1) is 21.5. The molecule has 1 fully saturated rings. The highest BCUT2D eigenvalue weighted by molar-refractivity contribution is 7.89. The van der Waals surface area contributed by atoms with Crippen LogP contribution >= 0.6 is 0 Å². The minimum Gasteiger partial charge on any atom is -0.495 e. The Balaban J connectivity index is 1.48. The number of carbonyl (C=O) groups is 1. The van der Waals surface area contributed by atoms with Gasteiger partial charge in [-0.2, -0.15) is 4.31 Å². The number of benzene rings is 2. The fraction of sp³-hybridized carbons (Fsp3) is 0.409. The number of nitrogens with zero attached hydrogens (tertiary/aromatic N) is 3. The van der Waals surface area contributed by atoms with Crippen molar-refractivity contribution in [3.05, 3.63) is 48.0 Å². The number of fused-ring (bicyclic) bond motifs is 1. The van der Waals surface area contributed by atoms with Gasteiger partial charge in [0, 0.05) is 45.0 Å². The Morgan fingerprint density at radius 2 is 1.77 bits per heavy atom. The van der Waals surface area contributed by atoms with Crippen LogP contribution in [0.1, 0.15) is 12.5 Å². The van der Waals surface area contributed by atoms with Crippen LogP contribution in [0.15, 0.2) is 47.4 Å². The molecule has 31 heavy (non-hydrogen) atoms. The lowest BCUT2D eigenvalue weighted by Crippen LogP contribution is -2.48. The molecule has 166 valence electrons. The molecule has 0 atom stereocenters. The zero-order chi connectivity index (χ0) is 22.0. The molecule has 9 heteroatoms. The Morgan fingerprint density at radius 1 is 1.03 bits per heavy atom. The summed E-state index contributed by atoms with van der Waals surface area (Å²) in [6, 6.07) is 12.7. The van der Waals surface area contributed by atoms with E-state index in [1.165, 1.54) is 4.31 Å². The molecule has 0 aromatic heterocycles. The number of sulfonamides is 1. The molecule has 0 radical (unpaired) electrons. The summed E-state index contributed by atoms with van der Waals surface area (Å²) in [6.07, 6.45) is 0.650. The summed E-state index contributed by atoms with van der Waals surface area (Å²) >= 11 is 0. The van der Waals surface area contributed by atoms with Crippen LogP contribution < -0.4 is 19.9 Å². The lowest BCUT2D eigenvalue weighted by atomic mass is 10.2. The van der Waals surface area contributed by atoms with Crippen molar-refractivity contribution in [2.24, 2.45) is 0 Å². The Hall–Kier alpha value is -2.78. The minimum absolute atomic E-state index is 0.149. The largest absolute Gasteiger partial charge is 0.495 e. The number of methoxy groups -OCH3 is 1. The van der Waals surface area contributed by atoms with Crippen LogP contribution in [0.5, 0.6) is 5.75 Å². The van der Waals surface area contributed by atoms with Crippen LogP contribution in [0, 0.1) is 0 Å². The van der Waals surface area contributed by atoms with Crippen LogP contribution in [0.3, 0.4) is 0 Å². The highest BCUT2D eigenvalue weighted by Gasteiger charge is 2.31. The van der Waals surface area contributed by atoms with Gasteiger partial charge < -0.3 is 15.0 Å². The van der Waals surface area contributed by atoms with Crippen LogP contribution in [0.2, 0.25) is 0 Å². The first-order chi connectivity index (χ1) is 15.0. The van der Waals surface area contributed by atoms with Crippen molar-refractivity contribution in [1.29, 1.82) is 0 Å². The Labute approximate surface area is 183 Å². The Kier molecular flexibility index (Phi) is 6.06. The maximum atomic E-state index is 13.3. The van der Waals surface area contributed by atoms with Gasteiger partial charge in [-0.1, -0.05) is 12.1 Å². The lowest BCUT2D eigenvalue weighted by molar-refractivity contribution is 0.247. The van der Waals surface area contributed by atoms with Gasteiger partial charge in [0.05, 0.1) is 17.7 Å². The molecule has 2 aliphatic heterocycles. The van der Waals surface area contributed by atoms with Gasteiger partial charge in [0.25, 0.3) is 0 Å². The second kappa shape index (κ2) is 8.76. The molecule has 0 aliphatic carbocycles. The van der Waals surface area contributed by atoms with E-state index in [1.54, 1.807) is 30.2 Å². The minimum atomic E-state index is -3.60. The number of carbonyl (C=O) groups excluding carboxylic acids is 1. The van der Waals surface area contributed by atoms with Gasteiger partial charge in [0.15, 0.2) is 0 Å². The van der Waals surface area contributed by atoms with E-state index in [-0.39, 0.29) is 10.9 Å². The number of hydrogen-bond donors (Lipinski definition) is 1. The number of ether oxygens (including phenoxy) is 1. The maximum Gasteiger partial charge on any atom is 0.321 e. The molecule has 4 rings (SSSR count). The second-order valence-corrected chi connectivity index (χ2v) is 9.53. The van der Waals surface area contributed by atoms with Crippen LogP contribution in [0.25, 0.3) is 0 Å². The van der Waals surface area contributed by atoms with Crippen molar-refractivity contribution < 1.29 is 17.9 Å². The number of urea groups is 1. The molecule has 0 saturated carbocycles.